The van der Waals surface area contributed by atoms with Crippen molar-refractivity contribution in [2.24, 2.45) is 0 Å². The standard InChI is InChI=1S/C59H59BN2O/c1-36-31-43-44(59(10,11)30-29-58(43,8)9)35-49(36)61-48-28-25-38(56(2,3)4)32-46(48)60-45-27-26-42-41-22-16-18-24-52(41)63-55(42)54(45)62(51-34-39(57(5,6)7)33-50(61)53(51)60)47-23-17-15-21-40(47)37-19-13-12-14-20-37/h12-28,31-35H,29-30H2,1-11H3. The third-order valence-corrected chi connectivity index (χ3v) is 14.9. The second kappa shape index (κ2) is 13.5. The van der Waals surface area contributed by atoms with E-state index < -0.39 is 0 Å². The fourth-order valence-electron chi connectivity index (χ4n) is 11.2. The molecule has 63 heavy (non-hydrogen) atoms. The predicted octanol–water partition coefficient (Wildman–Crippen LogP) is 14.6. The van der Waals surface area contributed by atoms with Crippen molar-refractivity contribution in [3.8, 4) is 11.1 Å². The Hall–Kier alpha value is -6.00. The molecule has 2 aliphatic heterocycles. The number of hydrogen-bond donors (Lipinski definition) is 0. The van der Waals surface area contributed by atoms with Gasteiger partial charge in [0.2, 0.25) is 0 Å². The van der Waals surface area contributed by atoms with Crippen molar-refractivity contribution in [3.05, 3.63) is 161 Å². The highest BCUT2D eigenvalue weighted by Crippen LogP contribution is 2.53. The van der Waals surface area contributed by atoms with Crippen LogP contribution in [0.25, 0.3) is 33.1 Å². The fraction of sp³-hybridized carbons (Fsp3) is 0.288. The molecular formula is C59H59BN2O. The molecule has 314 valence electrons. The van der Waals surface area contributed by atoms with Crippen molar-refractivity contribution in [3.63, 3.8) is 0 Å². The summed E-state index contributed by atoms with van der Waals surface area (Å²) in [5, 5.41) is 2.28. The van der Waals surface area contributed by atoms with Crippen molar-refractivity contribution < 1.29 is 4.42 Å². The molecule has 1 aliphatic carbocycles. The number of benzene rings is 7. The summed E-state index contributed by atoms with van der Waals surface area (Å²) in [6, 6.07) is 50.7. The fourth-order valence-corrected chi connectivity index (χ4v) is 11.2. The van der Waals surface area contributed by atoms with Crippen molar-refractivity contribution in [1.29, 1.82) is 0 Å². The molecule has 0 saturated carbocycles. The lowest BCUT2D eigenvalue weighted by Crippen LogP contribution is -2.61. The topological polar surface area (TPSA) is 19.6 Å². The Morgan fingerprint density at radius 3 is 1.87 bits per heavy atom. The van der Waals surface area contributed by atoms with Gasteiger partial charge in [-0.05, 0) is 128 Å². The van der Waals surface area contributed by atoms with Crippen molar-refractivity contribution in [2.45, 2.75) is 111 Å². The Labute approximate surface area is 374 Å². The zero-order chi connectivity index (χ0) is 44.0. The van der Waals surface area contributed by atoms with E-state index in [9.17, 15) is 0 Å². The SMILES string of the molecule is Cc1cc2c(cc1N1c3ccc(C(C)(C)C)cc3B3c4ccc5c(oc6ccccc65)c4N(c4ccccc4-c4ccccc4)c4cc(C(C)(C)C)cc1c43)C(C)(C)CCC2(C)C. The maximum Gasteiger partial charge on any atom is 0.252 e. The second-order valence-corrected chi connectivity index (χ2v) is 22.1. The average Bonchev–Trinajstić information content (AvgIpc) is 3.64. The number of furan rings is 1. The average molecular weight is 823 g/mol. The van der Waals surface area contributed by atoms with E-state index in [-0.39, 0.29) is 28.4 Å². The van der Waals surface area contributed by atoms with Crippen molar-refractivity contribution in [2.75, 3.05) is 9.80 Å². The molecule has 0 amide bonds. The number of rotatable bonds is 3. The van der Waals surface area contributed by atoms with Crippen LogP contribution in [0.4, 0.5) is 34.1 Å². The van der Waals surface area contributed by atoms with Crippen LogP contribution in [0.2, 0.25) is 0 Å². The molecule has 0 N–H and O–H groups in total. The molecule has 3 nitrogen and oxygen atoms in total. The zero-order valence-electron chi connectivity index (χ0n) is 39.0. The van der Waals surface area contributed by atoms with E-state index >= 15 is 0 Å². The molecule has 0 fully saturated rings. The quantitative estimate of drug-likeness (QED) is 0.166. The molecule has 0 atom stereocenters. The first-order chi connectivity index (χ1) is 29.9. The smallest absolute Gasteiger partial charge is 0.252 e. The summed E-state index contributed by atoms with van der Waals surface area (Å²) in [7, 11) is 0. The number of anilines is 6. The van der Waals surface area contributed by atoms with E-state index in [0.29, 0.717) is 0 Å². The molecule has 0 radical (unpaired) electrons. The predicted molar refractivity (Wildman–Crippen MR) is 271 cm³/mol. The Bertz CT molecular complexity index is 3170. The third kappa shape index (κ3) is 6.00. The highest BCUT2D eigenvalue weighted by Gasteiger charge is 2.47. The zero-order valence-corrected chi connectivity index (χ0v) is 39.0. The van der Waals surface area contributed by atoms with Gasteiger partial charge in [0.25, 0.3) is 6.71 Å². The van der Waals surface area contributed by atoms with E-state index in [2.05, 4.69) is 219 Å². The van der Waals surface area contributed by atoms with Crippen LogP contribution in [0.3, 0.4) is 0 Å². The van der Waals surface area contributed by atoms with Crippen LogP contribution < -0.4 is 26.2 Å². The van der Waals surface area contributed by atoms with Crippen molar-refractivity contribution in [1.82, 2.24) is 0 Å². The van der Waals surface area contributed by atoms with Gasteiger partial charge >= 0.3 is 0 Å². The lowest BCUT2D eigenvalue weighted by molar-refractivity contribution is 0.332. The number of fused-ring (bicyclic) bond motifs is 9. The normalized spacial score (nSPS) is 16.2. The Morgan fingerprint density at radius 1 is 0.524 bits per heavy atom. The summed E-state index contributed by atoms with van der Waals surface area (Å²) in [4.78, 5) is 5.24. The Kier molecular flexibility index (Phi) is 8.54. The molecule has 0 saturated heterocycles. The summed E-state index contributed by atoms with van der Waals surface area (Å²) in [5.41, 5.74) is 22.3. The molecule has 3 aliphatic rings. The molecule has 7 aromatic carbocycles. The Morgan fingerprint density at radius 2 is 1.16 bits per heavy atom. The van der Waals surface area contributed by atoms with E-state index in [1.807, 2.05) is 0 Å². The van der Waals surface area contributed by atoms with Gasteiger partial charge in [-0.2, -0.15) is 0 Å². The maximum absolute atomic E-state index is 7.11. The van der Waals surface area contributed by atoms with Gasteiger partial charge in [0.05, 0.1) is 11.4 Å². The first kappa shape index (κ1) is 39.8. The minimum absolute atomic E-state index is 0.0429. The van der Waals surface area contributed by atoms with Gasteiger partial charge in [-0.3, -0.25) is 0 Å². The molecule has 0 unspecified atom stereocenters. The van der Waals surface area contributed by atoms with Crippen LogP contribution >= 0.6 is 0 Å². The van der Waals surface area contributed by atoms with Gasteiger partial charge in [0.1, 0.15) is 5.58 Å². The lowest BCUT2D eigenvalue weighted by atomic mass is 9.33. The minimum Gasteiger partial charge on any atom is -0.454 e. The number of nitrogens with zero attached hydrogens (tertiary/aromatic N) is 2. The monoisotopic (exact) mass is 822 g/mol. The molecule has 1 aromatic heterocycles. The minimum atomic E-state index is -0.143. The van der Waals surface area contributed by atoms with Crippen LogP contribution in [-0.4, -0.2) is 6.71 Å². The van der Waals surface area contributed by atoms with Gasteiger partial charge in [-0.25, -0.2) is 0 Å². The molecule has 11 rings (SSSR count). The maximum atomic E-state index is 7.11. The second-order valence-electron chi connectivity index (χ2n) is 22.1. The van der Waals surface area contributed by atoms with Gasteiger partial charge in [-0.1, -0.05) is 166 Å². The first-order valence-corrected chi connectivity index (χ1v) is 23.1. The molecule has 3 heterocycles. The number of aryl methyl sites for hydroxylation is 1. The van der Waals surface area contributed by atoms with Gasteiger partial charge in [0, 0.05) is 39.1 Å². The number of hydrogen-bond acceptors (Lipinski definition) is 3. The van der Waals surface area contributed by atoms with Gasteiger partial charge in [-0.15, -0.1) is 0 Å². The third-order valence-electron chi connectivity index (χ3n) is 14.9. The first-order valence-electron chi connectivity index (χ1n) is 23.1. The highest BCUT2D eigenvalue weighted by molar-refractivity contribution is 7.00. The summed E-state index contributed by atoms with van der Waals surface area (Å²) < 4.78 is 7.11. The van der Waals surface area contributed by atoms with E-state index in [1.54, 1.807) is 0 Å². The summed E-state index contributed by atoms with van der Waals surface area (Å²) >= 11 is 0. The summed E-state index contributed by atoms with van der Waals surface area (Å²) in [5.74, 6) is 0. The molecule has 0 spiro atoms. The van der Waals surface area contributed by atoms with E-state index in [1.165, 1.54) is 90.9 Å². The summed E-state index contributed by atoms with van der Waals surface area (Å²) in [6.45, 7) is 26.2. The van der Waals surface area contributed by atoms with E-state index in [0.717, 1.165) is 33.3 Å². The summed E-state index contributed by atoms with van der Waals surface area (Å²) in [6.07, 6.45) is 2.36. The van der Waals surface area contributed by atoms with Gasteiger partial charge in [0.15, 0.2) is 5.58 Å². The van der Waals surface area contributed by atoms with Crippen LogP contribution in [0, 0.1) is 6.92 Å². The molecule has 4 heteroatoms. The van der Waals surface area contributed by atoms with Crippen LogP contribution in [-0.2, 0) is 21.7 Å². The highest BCUT2D eigenvalue weighted by atomic mass is 16.3. The largest absolute Gasteiger partial charge is 0.454 e. The van der Waals surface area contributed by atoms with Crippen molar-refractivity contribution >= 4 is 79.2 Å². The van der Waals surface area contributed by atoms with Crippen LogP contribution in [0.15, 0.2) is 138 Å². The molecule has 8 aromatic rings. The Balaban J connectivity index is 1.31. The molecule has 0 bridgehead atoms. The lowest BCUT2D eigenvalue weighted by Gasteiger charge is -2.47. The van der Waals surface area contributed by atoms with Crippen LogP contribution in [0.5, 0.6) is 0 Å². The van der Waals surface area contributed by atoms with Gasteiger partial charge < -0.3 is 14.2 Å². The van der Waals surface area contributed by atoms with E-state index in [4.69, 9.17) is 4.42 Å². The van der Waals surface area contributed by atoms with Crippen LogP contribution in [0.1, 0.15) is 110 Å². The number of para-hydroxylation sites is 2. The molecular weight excluding hydrogens is 763 g/mol.